The number of carboxylic acid groups (broad SMARTS) is 1. The third-order valence-electron chi connectivity index (χ3n) is 3.31. The van der Waals surface area contributed by atoms with Crippen molar-refractivity contribution >= 4 is 29.4 Å². The SMILES string of the molecule is CC(=O)Oc1cccc(C(=O)N[C@H](Cc2ccc(Cl)cc2)C(=O)O)c1. The third-order valence-corrected chi connectivity index (χ3v) is 3.57. The molecule has 7 heteroatoms. The van der Waals surface area contributed by atoms with E-state index in [9.17, 15) is 19.5 Å². The molecular formula is C18H16ClNO5. The van der Waals surface area contributed by atoms with Crippen molar-refractivity contribution in [2.45, 2.75) is 19.4 Å². The van der Waals surface area contributed by atoms with E-state index >= 15 is 0 Å². The topological polar surface area (TPSA) is 92.7 Å². The van der Waals surface area contributed by atoms with Gasteiger partial charge in [-0.15, -0.1) is 0 Å². The summed E-state index contributed by atoms with van der Waals surface area (Å²) >= 11 is 5.80. The Kier molecular flexibility index (Phi) is 6.14. The summed E-state index contributed by atoms with van der Waals surface area (Å²) in [7, 11) is 0. The quantitative estimate of drug-likeness (QED) is 0.609. The van der Waals surface area contributed by atoms with Crippen LogP contribution in [0.15, 0.2) is 48.5 Å². The maximum Gasteiger partial charge on any atom is 0.326 e. The van der Waals surface area contributed by atoms with Crippen molar-refractivity contribution in [2.75, 3.05) is 0 Å². The molecule has 0 aliphatic heterocycles. The van der Waals surface area contributed by atoms with Crippen LogP contribution in [0, 0.1) is 0 Å². The van der Waals surface area contributed by atoms with Crippen LogP contribution in [0.5, 0.6) is 5.75 Å². The minimum atomic E-state index is -1.15. The average molecular weight is 362 g/mol. The lowest BCUT2D eigenvalue weighted by Gasteiger charge is -2.15. The Bertz CT molecular complexity index is 788. The molecule has 25 heavy (non-hydrogen) atoms. The lowest BCUT2D eigenvalue weighted by molar-refractivity contribution is -0.139. The van der Waals surface area contributed by atoms with Gasteiger partial charge in [-0.3, -0.25) is 9.59 Å². The second kappa shape index (κ2) is 8.30. The Balaban J connectivity index is 2.11. The largest absolute Gasteiger partial charge is 0.480 e. The Morgan fingerprint density at radius 3 is 2.44 bits per heavy atom. The zero-order chi connectivity index (χ0) is 18.4. The van der Waals surface area contributed by atoms with Crippen molar-refractivity contribution in [3.8, 4) is 5.75 Å². The first-order valence-corrected chi connectivity index (χ1v) is 7.79. The average Bonchev–Trinajstić information content (AvgIpc) is 2.55. The summed E-state index contributed by atoms with van der Waals surface area (Å²) in [4.78, 5) is 34.7. The summed E-state index contributed by atoms with van der Waals surface area (Å²) in [6.45, 7) is 1.25. The van der Waals surface area contributed by atoms with Crippen LogP contribution in [0.4, 0.5) is 0 Å². The van der Waals surface area contributed by atoms with E-state index in [0.29, 0.717) is 5.02 Å². The van der Waals surface area contributed by atoms with Crippen molar-refractivity contribution in [2.24, 2.45) is 0 Å². The van der Waals surface area contributed by atoms with Crippen LogP contribution in [0.2, 0.25) is 5.02 Å². The predicted molar refractivity (Wildman–Crippen MR) is 91.8 cm³/mol. The number of esters is 1. The molecule has 0 unspecified atom stereocenters. The van der Waals surface area contributed by atoms with Crippen LogP contribution in [-0.2, 0) is 16.0 Å². The van der Waals surface area contributed by atoms with Gasteiger partial charge in [0.2, 0.25) is 0 Å². The first-order valence-electron chi connectivity index (χ1n) is 7.42. The number of ether oxygens (including phenoxy) is 1. The van der Waals surface area contributed by atoms with Crippen LogP contribution in [0.25, 0.3) is 0 Å². The molecule has 0 saturated carbocycles. The van der Waals surface area contributed by atoms with Gasteiger partial charge in [0.1, 0.15) is 11.8 Å². The van der Waals surface area contributed by atoms with Crippen LogP contribution < -0.4 is 10.1 Å². The second-order valence-corrected chi connectivity index (χ2v) is 5.75. The second-order valence-electron chi connectivity index (χ2n) is 5.32. The van der Waals surface area contributed by atoms with Crippen LogP contribution >= 0.6 is 11.6 Å². The molecule has 6 nitrogen and oxygen atoms in total. The molecule has 1 amide bonds. The van der Waals surface area contributed by atoms with Gasteiger partial charge in [0.05, 0.1) is 0 Å². The maximum absolute atomic E-state index is 12.3. The van der Waals surface area contributed by atoms with E-state index in [-0.39, 0.29) is 17.7 Å². The number of nitrogens with one attached hydrogen (secondary N) is 1. The highest BCUT2D eigenvalue weighted by Crippen LogP contribution is 2.15. The summed E-state index contributed by atoms with van der Waals surface area (Å²) in [5, 5.41) is 12.4. The molecule has 0 bridgehead atoms. The molecule has 0 fully saturated rings. The predicted octanol–water partition coefficient (Wildman–Crippen LogP) is 2.69. The van der Waals surface area contributed by atoms with Gasteiger partial charge in [-0.25, -0.2) is 4.79 Å². The molecule has 0 radical (unpaired) electrons. The van der Waals surface area contributed by atoms with Crippen molar-refractivity contribution in [1.82, 2.24) is 5.32 Å². The van der Waals surface area contributed by atoms with Gasteiger partial charge in [-0.05, 0) is 35.9 Å². The smallest absolute Gasteiger partial charge is 0.326 e. The molecule has 0 aliphatic carbocycles. The van der Waals surface area contributed by atoms with Gasteiger partial charge < -0.3 is 15.2 Å². The summed E-state index contributed by atoms with van der Waals surface area (Å²) in [5.41, 5.74) is 0.923. The highest BCUT2D eigenvalue weighted by Gasteiger charge is 2.21. The number of aliphatic carboxylic acids is 1. The fraction of sp³-hybridized carbons (Fsp3) is 0.167. The van der Waals surface area contributed by atoms with Crippen molar-refractivity contribution in [1.29, 1.82) is 0 Å². The summed E-state index contributed by atoms with van der Waals surface area (Å²) < 4.78 is 4.92. The van der Waals surface area contributed by atoms with E-state index in [2.05, 4.69) is 5.32 Å². The highest BCUT2D eigenvalue weighted by atomic mass is 35.5. The fourth-order valence-electron chi connectivity index (χ4n) is 2.16. The lowest BCUT2D eigenvalue weighted by atomic mass is 10.1. The van der Waals surface area contributed by atoms with Crippen molar-refractivity contribution in [3.05, 3.63) is 64.7 Å². The highest BCUT2D eigenvalue weighted by molar-refractivity contribution is 6.30. The van der Waals surface area contributed by atoms with Gasteiger partial charge in [-0.2, -0.15) is 0 Å². The van der Waals surface area contributed by atoms with Crippen LogP contribution in [0.1, 0.15) is 22.8 Å². The van der Waals surface area contributed by atoms with Gasteiger partial charge >= 0.3 is 11.9 Å². The van der Waals surface area contributed by atoms with E-state index < -0.39 is 23.9 Å². The minimum Gasteiger partial charge on any atom is -0.480 e. The maximum atomic E-state index is 12.3. The Morgan fingerprint density at radius 1 is 1.16 bits per heavy atom. The number of carbonyl (C=O) groups is 3. The molecule has 1 atom stereocenters. The monoisotopic (exact) mass is 361 g/mol. The molecule has 0 saturated heterocycles. The molecule has 0 spiro atoms. The molecule has 2 aromatic carbocycles. The molecule has 2 aromatic rings. The molecular weight excluding hydrogens is 346 g/mol. The zero-order valence-corrected chi connectivity index (χ0v) is 14.1. The summed E-state index contributed by atoms with van der Waals surface area (Å²) in [6, 6.07) is 11.5. The van der Waals surface area contributed by atoms with E-state index in [0.717, 1.165) is 5.56 Å². The fourth-order valence-corrected chi connectivity index (χ4v) is 2.29. The normalized spacial score (nSPS) is 11.4. The standard InChI is InChI=1S/C18H16ClNO5/c1-11(21)25-15-4-2-3-13(10-15)17(22)20-16(18(23)24)9-12-5-7-14(19)8-6-12/h2-8,10,16H,9H2,1H3,(H,20,22)(H,23,24)/t16-/m1/s1. The zero-order valence-electron chi connectivity index (χ0n) is 13.4. The number of hydrogen-bond acceptors (Lipinski definition) is 4. The minimum absolute atomic E-state index is 0.113. The van der Waals surface area contributed by atoms with Crippen LogP contribution in [-0.4, -0.2) is 29.0 Å². The number of rotatable bonds is 6. The number of hydrogen-bond donors (Lipinski definition) is 2. The van der Waals surface area contributed by atoms with E-state index in [4.69, 9.17) is 16.3 Å². The molecule has 130 valence electrons. The number of benzene rings is 2. The molecule has 0 aliphatic rings. The number of carbonyl (C=O) groups excluding carboxylic acids is 2. The van der Waals surface area contributed by atoms with Gasteiger partial charge in [-0.1, -0.05) is 29.8 Å². The van der Waals surface area contributed by atoms with E-state index in [1.807, 2.05) is 0 Å². The van der Waals surface area contributed by atoms with Gasteiger partial charge in [0, 0.05) is 23.9 Å². The third kappa shape index (κ3) is 5.61. The first-order chi connectivity index (χ1) is 11.8. The molecule has 2 rings (SSSR count). The summed E-state index contributed by atoms with van der Waals surface area (Å²) in [6.07, 6.45) is 0.113. The Morgan fingerprint density at radius 2 is 1.84 bits per heavy atom. The number of carboxylic acids is 1. The van der Waals surface area contributed by atoms with E-state index in [1.54, 1.807) is 30.3 Å². The van der Waals surface area contributed by atoms with Crippen molar-refractivity contribution < 1.29 is 24.2 Å². The lowest BCUT2D eigenvalue weighted by Crippen LogP contribution is -2.42. The first kappa shape index (κ1) is 18.5. The van der Waals surface area contributed by atoms with Gasteiger partial charge in [0.25, 0.3) is 5.91 Å². The Labute approximate surface area is 149 Å². The Hall–Kier alpha value is -2.86. The summed E-state index contributed by atoms with van der Waals surface area (Å²) in [5.74, 6) is -2.02. The number of amides is 1. The van der Waals surface area contributed by atoms with Crippen molar-refractivity contribution in [3.63, 3.8) is 0 Å². The number of halogens is 1. The molecule has 0 heterocycles. The van der Waals surface area contributed by atoms with Gasteiger partial charge in [0.15, 0.2) is 0 Å². The van der Waals surface area contributed by atoms with E-state index in [1.165, 1.54) is 25.1 Å². The molecule has 0 aromatic heterocycles. The molecule has 2 N–H and O–H groups in total. The van der Waals surface area contributed by atoms with Crippen LogP contribution in [0.3, 0.4) is 0 Å².